The average Bonchev–Trinajstić information content (AvgIpc) is 3.18. The Bertz CT molecular complexity index is 1090. The molecule has 0 spiro atoms. The first-order chi connectivity index (χ1) is 12.4. The van der Waals surface area contributed by atoms with Crippen molar-refractivity contribution in [2.45, 2.75) is 39.0 Å². The first kappa shape index (κ1) is 16.6. The molecule has 4 rings (SSSR count). The Morgan fingerprint density at radius 1 is 0.846 bits per heavy atom. The van der Waals surface area contributed by atoms with Crippen molar-refractivity contribution in [2.24, 2.45) is 0 Å². The summed E-state index contributed by atoms with van der Waals surface area (Å²) in [7, 11) is 0. The lowest BCUT2D eigenvalue weighted by atomic mass is 9.95. The predicted molar refractivity (Wildman–Crippen MR) is 104 cm³/mol. The molecule has 1 unspecified atom stereocenters. The van der Waals surface area contributed by atoms with Gasteiger partial charge in [-0.3, -0.25) is 0 Å². The SMILES string of the molecule is CC(C)c1cc2cc(CC(C)c3cn4cccc4cc3O)cn2cc1O. The molecule has 4 aromatic rings. The summed E-state index contributed by atoms with van der Waals surface area (Å²) in [6.07, 6.45) is 8.66. The fraction of sp³-hybridized carbons (Fsp3) is 0.273. The topological polar surface area (TPSA) is 49.3 Å². The van der Waals surface area contributed by atoms with Crippen LogP contribution < -0.4 is 0 Å². The number of fused-ring (bicyclic) bond motifs is 2. The molecule has 134 valence electrons. The summed E-state index contributed by atoms with van der Waals surface area (Å²) in [5.41, 5.74) is 5.16. The van der Waals surface area contributed by atoms with Crippen molar-refractivity contribution in [2.75, 3.05) is 0 Å². The Morgan fingerprint density at radius 3 is 2.42 bits per heavy atom. The monoisotopic (exact) mass is 348 g/mol. The van der Waals surface area contributed by atoms with E-state index < -0.39 is 0 Å². The van der Waals surface area contributed by atoms with Gasteiger partial charge in [-0.25, -0.2) is 0 Å². The molecule has 0 aliphatic heterocycles. The maximum absolute atomic E-state index is 10.4. The molecule has 0 aliphatic carbocycles. The lowest BCUT2D eigenvalue weighted by molar-refractivity contribution is 0.461. The highest BCUT2D eigenvalue weighted by Gasteiger charge is 2.15. The summed E-state index contributed by atoms with van der Waals surface area (Å²) >= 11 is 0. The van der Waals surface area contributed by atoms with E-state index in [9.17, 15) is 10.2 Å². The van der Waals surface area contributed by atoms with Crippen molar-refractivity contribution >= 4 is 11.0 Å². The third kappa shape index (κ3) is 2.81. The highest BCUT2D eigenvalue weighted by Crippen LogP contribution is 2.32. The normalized spacial score (nSPS) is 13.1. The molecule has 0 fully saturated rings. The van der Waals surface area contributed by atoms with Crippen LogP contribution in [0.2, 0.25) is 0 Å². The fourth-order valence-electron chi connectivity index (χ4n) is 3.73. The predicted octanol–water partition coefficient (Wildman–Crippen LogP) is 5.07. The second kappa shape index (κ2) is 6.13. The van der Waals surface area contributed by atoms with Crippen molar-refractivity contribution in [3.8, 4) is 11.5 Å². The summed E-state index contributed by atoms with van der Waals surface area (Å²) in [4.78, 5) is 0. The van der Waals surface area contributed by atoms with Gasteiger partial charge in [0, 0.05) is 46.8 Å². The van der Waals surface area contributed by atoms with Gasteiger partial charge in [-0.05, 0) is 48.1 Å². The molecule has 4 nitrogen and oxygen atoms in total. The lowest BCUT2D eigenvalue weighted by Crippen LogP contribution is -2.00. The molecule has 4 aromatic heterocycles. The van der Waals surface area contributed by atoms with Crippen LogP contribution in [0, 0.1) is 0 Å². The standard InChI is InChI=1S/C22H24N2O2/c1-14(2)19-9-18-8-16(11-24(18)13-22(19)26)7-15(3)20-12-23-6-4-5-17(23)10-21(20)25/h4-6,8-15,25-26H,7H2,1-3H3. The van der Waals surface area contributed by atoms with Crippen molar-refractivity contribution in [3.63, 3.8) is 0 Å². The third-order valence-electron chi connectivity index (χ3n) is 5.16. The molecule has 0 radical (unpaired) electrons. The van der Waals surface area contributed by atoms with Gasteiger partial charge in [0.05, 0.1) is 6.20 Å². The largest absolute Gasteiger partial charge is 0.508 e. The Kier molecular flexibility index (Phi) is 3.91. The Hall–Kier alpha value is -2.88. The van der Waals surface area contributed by atoms with E-state index in [-0.39, 0.29) is 11.8 Å². The van der Waals surface area contributed by atoms with Crippen LogP contribution in [0.3, 0.4) is 0 Å². The maximum atomic E-state index is 10.4. The molecule has 4 heteroatoms. The van der Waals surface area contributed by atoms with E-state index in [0.29, 0.717) is 11.5 Å². The van der Waals surface area contributed by atoms with Crippen LogP contribution >= 0.6 is 0 Å². The lowest BCUT2D eigenvalue weighted by Gasteiger charge is -2.13. The number of pyridine rings is 2. The van der Waals surface area contributed by atoms with Crippen LogP contribution in [-0.4, -0.2) is 19.0 Å². The van der Waals surface area contributed by atoms with E-state index in [2.05, 4.69) is 39.1 Å². The van der Waals surface area contributed by atoms with Gasteiger partial charge >= 0.3 is 0 Å². The molecule has 1 atom stereocenters. The number of aromatic hydroxyl groups is 2. The molecule has 0 saturated heterocycles. The summed E-state index contributed by atoms with van der Waals surface area (Å²) in [6, 6.07) is 9.98. The number of aromatic nitrogens is 2. The van der Waals surface area contributed by atoms with Gasteiger partial charge in [0.2, 0.25) is 0 Å². The summed E-state index contributed by atoms with van der Waals surface area (Å²) < 4.78 is 4.01. The van der Waals surface area contributed by atoms with E-state index in [1.165, 1.54) is 5.56 Å². The van der Waals surface area contributed by atoms with Gasteiger partial charge < -0.3 is 19.0 Å². The van der Waals surface area contributed by atoms with Crippen molar-refractivity contribution in [1.82, 2.24) is 8.80 Å². The second-order valence-electron chi connectivity index (χ2n) is 7.51. The Labute approximate surface area is 153 Å². The van der Waals surface area contributed by atoms with E-state index >= 15 is 0 Å². The highest BCUT2D eigenvalue weighted by molar-refractivity contribution is 5.57. The first-order valence-corrected chi connectivity index (χ1v) is 9.05. The molecule has 2 N–H and O–H groups in total. The summed E-state index contributed by atoms with van der Waals surface area (Å²) in [5, 5.41) is 20.6. The molecular formula is C22H24N2O2. The van der Waals surface area contributed by atoms with E-state index in [4.69, 9.17) is 0 Å². The molecular weight excluding hydrogens is 324 g/mol. The summed E-state index contributed by atoms with van der Waals surface area (Å²) in [5.74, 6) is 1.13. The quantitative estimate of drug-likeness (QED) is 0.541. The van der Waals surface area contributed by atoms with Crippen molar-refractivity contribution in [1.29, 1.82) is 0 Å². The van der Waals surface area contributed by atoms with Crippen LogP contribution in [0.15, 0.2) is 55.1 Å². The van der Waals surface area contributed by atoms with Gasteiger partial charge in [-0.15, -0.1) is 0 Å². The molecule has 0 aliphatic rings. The molecule has 0 amide bonds. The molecule has 0 aromatic carbocycles. The van der Waals surface area contributed by atoms with Gasteiger partial charge in [-0.1, -0.05) is 20.8 Å². The van der Waals surface area contributed by atoms with Gasteiger partial charge in [-0.2, -0.15) is 0 Å². The fourth-order valence-corrected chi connectivity index (χ4v) is 3.73. The van der Waals surface area contributed by atoms with E-state index in [0.717, 1.165) is 28.6 Å². The van der Waals surface area contributed by atoms with Crippen LogP contribution in [0.4, 0.5) is 0 Å². The molecule has 26 heavy (non-hydrogen) atoms. The number of rotatable bonds is 4. The third-order valence-corrected chi connectivity index (χ3v) is 5.16. The van der Waals surface area contributed by atoms with E-state index in [1.54, 1.807) is 6.20 Å². The van der Waals surface area contributed by atoms with Crippen LogP contribution in [0.25, 0.3) is 11.0 Å². The zero-order valence-corrected chi connectivity index (χ0v) is 15.3. The Morgan fingerprint density at radius 2 is 1.65 bits per heavy atom. The van der Waals surface area contributed by atoms with Crippen molar-refractivity contribution < 1.29 is 10.2 Å². The van der Waals surface area contributed by atoms with Crippen LogP contribution in [-0.2, 0) is 6.42 Å². The van der Waals surface area contributed by atoms with Gasteiger partial charge in [0.25, 0.3) is 0 Å². The van der Waals surface area contributed by atoms with Crippen LogP contribution in [0.1, 0.15) is 49.3 Å². The van der Waals surface area contributed by atoms with Crippen LogP contribution in [0.5, 0.6) is 11.5 Å². The average molecular weight is 348 g/mol. The van der Waals surface area contributed by atoms with Gasteiger partial charge in [0.1, 0.15) is 11.5 Å². The molecule has 0 bridgehead atoms. The first-order valence-electron chi connectivity index (χ1n) is 9.05. The maximum Gasteiger partial charge on any atom is 0.135 e. The minimum Gasteiger partial charge on any atom is -0.508 e. The zero-order chi connectivity index (χ0) is 18.4. The second-order valence-corrected chi connectivity index (χ2v) is 7.51. The van der Waals surface area contributed by atoms with Crippen molar-refractivity contribution in [3.05, 3.63) is 71.8 Å². The minimum atomic E-state index is 0.178. The van der Waals surface area contributed by atoms with Gasteiger partial charge in [0.15, 0.2) is 0 Å². The number of hydrogen-bond donors (Lipinski definition) is 2. The highest BCUT2D eigenvalue weighted by atomic mass is 16.3. The summed E-state index contributed by atoms with van der Waals surface area (Å²) in [6.45, 7) is 6.29. The molecule has 4 heterocycles. The minimum absolute atomic E-state index is 0.178. The Balaban J connectivity index is 1.66. The number of nitrogens with zero attached hydrogens (tertiary/aromatic N) is 2. The molecule has 0 saturated carbocycles. The smallest absolute Gasteiger partial charge is 0.135 e. The zero-order valence-electron chi connectivity index (χ0n) is 15.3. The number of hydrogen-bond acceptors (Lipinski definition) is 2. The van der Waals surface area contributed by atoms with E-state index in [1.807, 2.05) is 39.4 Å².